The lowest BCUT2D eigenvalue weighted by Crippen LogP contribution is -2.14. The van der Waals surface area contributed by atoms with Crippen LogP contribution in [0.2, 0.25) is 0 Å². The molecule has 1 N–H and O–H groups in total. The first kappa shape index (κ1) is 16.6. The van der Waals surface area contributed by atoms with Gasteiger partial charge in [-0.05, 0) is 31.2 Å². The smallest absolute Gasteiger partial charge is 0.236 e. The third kappa shape index (κ3) is 3.98. The predicted molar refractivity (Wildman–Crippen MR) is 92.6 cm³/mol. The van der Waals surface area contributed by atoms with Crippen LogP contribution in [0.25, 0.3) is 11.3 Å². The number of amides is 1. The summed E-state index contributed by atoms with van der Waals surface area (Å²) in [4.78, 5) is 16.4. The number of carbonyl (C=O) groups is 1. The molecule has 124 valence electrons. The van der Waals surface area contributed by atoms with E-state index in [9.17, 15) is 9.18 Å². The summed E-state index contributed by atoms with van der Waals surface area (Å²) in [5.41, 5.74) is 1.51. The first-order valence-electron chi connectivity index (χ1n) is 7.17. The molecule has 0 aliphatic rings. The molecule has 9 heteroatoms. The van der Waals surface area contributed by atoms with Gasteiger partial charge in [0.15, 0.2) is 10.3 Å². The Kier molecular flexibility index (Phi) is 5.21. The number of thioether (sulfide) groups is 1. The van der Waals surface area contributed by atoms with Crippen molar-refractivity contribution in [1.29, 1.82) is 0 Å². The van der Waals surface area contributed by atoms with Crippen LogP contribution in [-0.2, 0) is 11.3 Å². The predicted octanol–water partition coefficient (Wildman–Crippen LogP) is 3.29. The molecule has 0 fully saturated rings. The van der Waals surface area contributed by atoms with Gasteiger partial charge in [0.1, 0.15) is 12.1 Å². The van der Waals surface area contributed by atoms with E-state index in [-0.39, 0.29) is 17.5 Å². The van der Waals surface area contributed by atoms with Gasteiger partial charge in [-0.1, -0.05) is 11.8 Å². The molecule has 3 aromatic rings. The minimum atomic E-state index is -0.292. The first-order chi connectivity index (χ1) is 11.7. The number of nitrogens with one attached hydrogen (secondary N) is 1. The standard InChI is InChI=1S/C15H14FN5OS2/c1-2-21-9-17-20-15(21)24-8-13(22)19-14-18-12(7-23-14)10-3-5-11(16)6-4-10/h3-7,9H,2,8H2,1H3,(H,18,19,22). The van der Waals surface area contributed by atoms with Gasteiger partial charge in [0.2, 0.25) is 5.91 Å². The molecule has 1 amide bonds. The number of aryl methyl sites for hydroxylation is 1. The van der Waals surface area contributed by atoms with Gasteiger partial charge >= 0.3 is 0 Å². The van der Waals surface area contributed by atoms with Gasteiger partial charge in [0, 0.05) is 17.5 Å². The zero-order valence-electron chi connectivity index (χ0n) is 12.8. The van der Waals surface area contributed by atoms with Crippen molar-refractivity contribution in [2.24, 2.45) is 0 Å². The van der Waals surface area contributed by atoms with Crippen LogP contribution >= 0.6 is 23.1 Å². The van der Waals surface area contributed by atoms with Crippen molar-refractivity contribution in [3.05, 3.63) is 41.8 Å². The fraction of sp³-hybridized carbons (Fsp3) is 0.200. The number of anilines is 1. The maximum absolute atomic E-state index is 12.9. The van der Waals surface area contributed by atoms with Crippen molar-refractivity contribution < 1.29 is 9.18 Å². The highest BCUT2D eigenvalue weighted by Crippen LogP contribution is 2.25. The van der Waals surface area contributed by atoms with E-state index in [1.54, 1.807) is 18.5 Å². The molecule has 0 aliphatic heterocycles. The molecule has 24 heavy (non-hydrogen) atoms. The second-order valence-corrected chi connectivity index (χ2v) is 6.58. The van der Waals surface area contributed by atoms with Crippen molar-refractivity contribution in [1.82, 2.24) is 19.7 Å². The SMILES string of the molecule is CCn1cnnc1SCC(=O)Nc1nc(-c2ccc(F)cc2)cs1. The van der Waals surface area contributed by atoms with Crippen LogP contribution in [0, 0.1) is 5.82 Å². The van der Waals surface area contributed by atoms with Crippen LogP contribution in [0.4, 0.5) is 9.52 Å². The number of carbonyl (C=O) groups excluding carboxylic acids is 1. The summed E-state index contributed by atoms with van der Waals surface area (Å²) in [6, 6.07) is 6.08. The van der Waals surface area contributed by atoms with Gasteiger partial charge in [0.25, 0.3) is 0 Å². The molecule has 0 atom stereocenters. The lowest BCUT2D eigenvalue weighted by atomic mass is 10.2. The number of nitrogens with zero attached hydrogens (tertiary/aromatic N) is 4. The van der Waals surface area contributed by atoms with Gasteiger partial charge in [-0.3, -0.25) is 4.79 Å². The Hall–Kier alpha value is -2.26. The van der Waals surface area contributed by atoms with E-state index in [1.165, 1.54) is 35.2 Å². The summed E-state index contributed by atoms with van der Waals surface area (Å²) >= 11 is 2.65. The lowest BCUT2D eigenvalue weighted by Gasteiger charge is -2.03. The number of hydrogen-bond donors (Lipinski definition) is 1. The number of rotatable bonds is 6. The highest BCUT2D eigenvalue weighted by Gasteiger charge is 2.11. The number of benzene rings is 1. The van der Waals surface area contributed by atoms with E-state index in [0.29, 0.717) is 16.0 Å². The van der Waals surface area contributed by atoms with E-state index >= 15 is 0 Å². The first-order valence-corrected chi connectivity index (χ1v) is 9.04. The van der Waals surface area contributed by atoms with Crippen LogP contribution in [0.15, 0.2) is 41.1 Å². The molecule has 0 spiro atoms. The molecule has 0 unspecified atom stereocenters. The van der Waals surface area contributed by atoms with Gasteiger partial charge < -0.3 is 9.88 Å². The molecule has 2 heterocycles. The Balaban J connectivity index is 1.58. The zero-order chi connectivity index (χ0) is 16.9. The van der Waals surface area contributed by atoms with Gasteiger partial charge in [-0.15, -0.1) is 21.5 Å². The molecule has 0 bridgehead atoms. The maximum Gasteiger partial charge on any atom is 0.236 e. The Morgan fingerprint density at radius 1 is 1.38 bits per heavy atom. The summed E-state index contributed by atoms with van der Waals surface area (Å²) in [7, 11) is 0. The number of hydrogen-bond acceptors (Lipinski definition) is 6. The number of aromatic nitrogens is 4. The normalized spacial score (nSPS) is 10.8. The van der Waals surface area contributed by atoms with Gasteiger partial charge in [-0.2, -0.15) is 0 Å². The van der Waals surface area contributed by atoms with Crippen LogP contribution in [0.5, 0.6) is 0 Å². The molecule has 6 nitrogen and oxygen atoms in total. The molecule has 3 rings (SSSR count). The van der Waals surface area contributed by atoms with Crippen molar-refractivity contribution in [2.45, 2.75) is 18.6 Å². The van der Waals surface area contributed by atoms with E-state index in [1.807, 2.05) is 16.9 Å². The summed E-state index contributed by atoms with van der Waals surface area (Å²) in [6.07, 6.45) is 1.63. The van der Waals surface area contributed by atoms with E-state index in [0.717, 1.165) is 12.1 Å². The highest BCUT2D eigenvalue weighted by molar-refractivity contribution is 7.99. The van der Waals surface area contributed by atoms with Crippen molar-refractivity contribution in [3.63, 3.8) is 0 Å². The molecule has 0 radical (unpaired) electrons. The summed E-state index contributed by atoms with van der Waals surface area (Å²) in [6.45, 7) is 2.74. The van der Waals surface area contributed by atoms with E-state index < -0.39 is 0 Å². The molecule has 0 saturated heterocycles. The van der Waals surface area contributed by atoms with Crippen molar-refractivity contribution in [2.75, 3.05) is 11.1 Å². The summed E-state index contributed by atoms with van der Waals surface area (Å²) in [5, 5.41) is 13.6. The van der Waals surface area contributed by atoms with Crippen molar-refractivity contribution >= 4 is 34.1 Å². The van der Waals surface area contributed by atoms with Crippen LogP contribution in [-0.4, -0.2) is 31.4 Å². The zero-order valence-corrected chi connectivity index (χ0v) is 14.4. The quantitative estimate of drug-likeness (QED) is 0.681. The average molecular weight is 363 g/mol. The van der Waals surface area contributed by atoms with E-state index in [4.69, 9.17) is 0 Å². The molecular formula is C15H14FN5OS2. The largest absolute Gasteiger partial charge is 0.309 e. The fourth-order valence-corrected chi connectivity index (χ4v) is 3.46. The highest BCUT2D eigenvalue weighted by atomic mass is 32.2. The average Bonchev–Trinajstić information content (AvgIpc) is 3.22. The Bertz CT molecular complexity index is 831. The van der Waals surface area contributed by atoms with Crippen LogP contribution < -0.4 is 5.32 Å². The van der Waals surface area contributed by atoms with Crippen molar-refractivity contribution in [3.8, 4) is 11.3 Å². The molecule has 2 aromatic heterocycles. The monoisotopic (exact) mass is 363 g/mol. The molecule has 0 aliphatic carbocycles. The third-order valence-electron chi connectivity index (χ3n) is 3.14. The Morgan fingerprint density at radius 3 is 2.92 bits per heavy atom. The topological polar surface area (TPSA) is 72.7 Å². The van der Waals surface area contributed by atoms with Crippen LogP contribution in [0.1, 0.15) is 6.92 Å². The van der Waals surface area contributed by atoms with E-state index in [2.05, 4.69) is 20.5 Å². The second kappa shape index (κ2) is 7.54. The fourth-order valence-electron chi connectivity index (χ4n) is 1.94. The lowest BCUT2D eigenvalue weighted by molar-refractivity contribution is -0.113. The minimum absolute atomic E-state index is 0.161. The van der Waals surface area contributed by atoms with Gasteiger partial charge in [0.05, 0.1) is 11.4 Å². The summed E-state index contributed by atoms with van der Waals surface area (Å²) < 4.78 is 14.8. The molecule has 1 aromatic carbocycles. The minimum Gasteiger partial charge on any atom is -0.309 e. The number of thiazole rings is 1. The molecule has 0 saturated carbocycles. The van der Waals surface area contributed by atoms with Gasteiger partial charge in [-0.25, -0.2) is 9.37 Å². The molecular weight excluding hydrogens is 349 g/mol. The third-order valence-corrected chi connectivity index (χ3v) is 4.88. The Labute approximate surface area is 146 Å². The number of halogens is 1. The second-order valence-electron chi connectivity index (χ2n) is 4.78. The summed E-state index contributed by atoms with van der Waals surface area (Å²) in [5.74, 6) is -0.227. The maximum atomic E-state index is 12.9. The van der Waals surface area contributed by atoms with Crippen LogP contribution in [0.3, 0.4) is 0 Å². The Morgan fingerprint density at radius 2 is 2.17 bits per heavy atom.